The molecule has 2 nitrogen and oxygen atoms in total. The van der Waals surface area contributed by atoms with Crippen molar-refractivity contribution in [1.29, 1.82) is 0 Å². The van der Waals surface area contributed by atoms with E-state index in [4.69, 9.17) is 0 Å². The predicted molar refractivity (Wildman–Crippen MR) is 83.9 cm³/mol. The molecule has 1 aliphatic carbocycles. The lowest BCUT2D eigenvalue weighted by Crippen LogP contribution is -2.65. The first kappa shape index (κ1) is 12.3. The summed E-state index contributed by atoms with van der Waals surface area (Å²) in [7, 11) is 0. The van der Waals surface area contributed by atoms with Crippen molar-refractivity contribution in [2.24, 2.45) is 4.99 Å². The Morgan fingerprint density at radius 2 is 1.25 bits per heavy atom. The van der Waals surface area contributed by atoms with Gasteiger partial charge in [0.25, 0.3) is 0 Å². The normalized spacial score (nSPS) is 13.4. The van der Waals surface area contributed by atoms with E-state index in [-0.39, 0.29) is 0 Å². The van der Waals surface area contributed by atoms with Crippen LogP contribution >= 0.6 is 0 Å². The van der Waals surface area contributed by atoms with E-state index in [2.05, 4.69) is 9.98 Å². The van der Waals surface area contributed by atoms with Crippen LogP contribution in [0, 0.1) is 0 Å². The minimum atomic E-state index is 0.954. The number of para-hydroxylation sites is 2. The molecule has 2 aromatic rings. The highest BCUT2D eigenvalue weighted by molar-refractivity contribution is 6.17. The maximum Gasteiger partial charge on any atom is 0.204 e. The van der Waals surface area contributed by atoms with Crippen LogP contribution < -0.4 is 4.99 Å². The zero-order valence-corrected chi connectivity index (χ0v) is 11.0. The lowest BCUT2D eigenvalue weighted by molar-refractivity contribution is -0.351. The number of nitrogens with one attached hydrogen (secondary N) is 1. The van der Waals surface area contributed by atoms with Gasteiger partial charge in [0.1, 0.15) is 0 Å². The summed E-state index contributed by atoms with van der Waals surface area (Å²) in [5.41, 5.74) is 4.06. The zero-order chi connectivity index (χ0) is 13.6. The van der Waals surface area contributed by atoms with E-state index in [0.29, 0.717) is 0 Å². The topological polar surface area (TPSA) is 26.3 Å². The number of hydrogen-bond acceptors (Lipinski definition) is 1. The van der Waals surface area contributed by atoms with Crippen molar-refractivity contribution < 1.29 is 4.99 Å². The summed E-state index contributed by atoms with van der Waals surface area (Å²) in [5, 5.41) is 0. The smallest absolute Gasteiger partial charge is 0.204 e. The van der Waals surface area contributed by atoms with Gasteiger partial charge >= 0.3 is 0 Å². The van der Waals surface area contributed by atoms with Crippen molar-refractivity contribution in [2.45, 2.75) is 0 Å². The van der Waals surface area contributed by atoms with E-state index >= 15 is 0 Å². The Morgan fingerprint density at radius 1 is 0.650 bits per heavy atom. The Hall–Kier alpha value is -2.74. The van der Waals surface area contributed by atoms with Gasteiger partial charge in [0.2, 0.25) is 11.4 Å². The number of benzene rings is 2. The van der Waals surface area contributed by atoms with E-state index < -0.39 is 0 Å². The molecular formula is C18H15N2+. The van der Waals surface area contributed by atoms with E-state index in [1.165, 1.54) is 0 Å². The third-order valence-electron chi connectivity index (χ3n) is 2.94. The highest BCUT2D eigenvalue weighted by atomic mass is 14.8. The highest BCUT2D eigenvalue weighted by Crippen LogP contribution is 2.11. The Labute approximate surface area is 118 Å². The van der Waals surface area contributed by atoms with Gasteiger partial charge in [-0.25, -0.2) is 9.98 Å². The molecule has 3 rings (SSSR count). The standard InChI is InChI=1S/C18H14N2/c1-3-7-15(8-4-1)19-17-11-13-18(14-12-17)20-16-9-5-2-6-10-16/h1-14H/p+1. The van der Waals surface area contributed by atoms with Crippen LogP contribution in [0.1, 0.15) is 0 Å². The molecule has 2 heteroatoms. The molecule has 20 heavy (non-hydrogen) atoms. The molecule has 0 heterocycles. The van der Waals surface area contributed by atoms with Gasteiger partial charge in [-0.05, 0) is 24.3 Å². The number of aliphatic imine (C=N–C) groups is 1. The molecule has 0 aliphatic heterocycles. The van der Waals surface area contributed by atoms with E-state index in [1.807, 2.05) is 85.0 Å². The molecular weight excluding hydrogens is 244 g/mol. The fourth-order valence-corrected chi connectivity index (χ4v) is 1.96. The van der Waals surface area contributed by atoms with Crippen LogP contribution in [0.4, 0.5) is 11.4 Å². The fourth-order valence-electron chi connectivity index (χ4n) is 1.96. The molecule has 0 radical (unpaired) electrons. The summed E-state index contributed by atoms with van der Waals surface area (Å²) < 4.78 is 0. The maximum atomic E-state index is 4.56. The second-order valence-electron chi connectivity index (χ2n) is 4.49. The van der Waals surface area contributed by atoms with Gasteiger partial charge in [-0.3, -0.25) is 0 Å². The van der Waals surface area contributed by atoms with Gasteiger partial charge < -0.3 is 0 Å². The lowest BCUT2D eigenvalue weighted by atomic mass is 10.1. The van der Waals surface area contributed by atoms with Crippen LogP contribution in [0.25, 0.3) is 0 Å². The SMILES string of the molecule is C1=CC(=[NH+]c2ccccc2)C=CC1=Nc1ccccc1. The maximum absolute atomic E-state index is 4.56. The summed E-state index contributed by atoms with van der Waals surface area (Å²) in [5.74, 6) is 0. The second-order valence-corrected chi connectivity index (χ2v) is 4.49. The predicted octanol–water partition coefficient (Wildman–Crippen LogP) is 2.74. The third-order valence-corrected chi connectivity index (χ3v) is 2.94. The summed E-state index contributed by atoms with van der Waals surface area (Å²) in [6, 6.07) is 20.1. The largest absolute Gasteiger partial charge is 0.249 e. The van der Waals surface area contributed by atoms with Crippen molar-refractivity contribution >= 4 is 22.8 Å². The van der Waals surface area contributed by atoms with Gasteiger partial charge in [0, 0.05) is 24.3 Å². The monoisotopic (exact) mass is 259 g/mol. The van der Waals surface area contributed by atoms with Crippen LogP contribution in [0.2, 0.25) is 0 Å². The molecule has 0 bridgehead atoms. The number of allylic oxidation sites excluding steroid dienone is 4. The summed E-state index contributed by atoms with van der Waals surface area (Å²) in [6.07, 6.45) is 8.10. The van der Waals surface area contributed by atoms with Crippen LogP contribution in [0.3, 0.4) is 0 Å². The van der Waals surface area contributed by atoms with Crippen molar-refractivity contribution in [1.82, 2.24) is 0 Å². The Kier molecular flexibility index (Phi) is 3.65. The van der Waals surface area contributed by atoms with Crippen molar-refractivity contribution in [3.8, 4) is 0 Å². The van der Waals surface area contributed by atoms with Crippen LogP contribution in [-0.4, -0.2) is 11.4 Å². The summed E-state index contributed by atoms with van der Waals surface area (Å²) >= 11 is 0. The molecule has 0 spiro atoms. The Balaban J connectivity index is 1.78. The Bertz CT molecular complexity index is 613. The first-order valence-corrected chi connectivity index (χ1v) is 6.59. The first-order chi connectivity index (χ1) is 9.90. The van der Waals surface area contributed by atoms with Crippen molar-refractivity contribution in [3.05, 3.63) is 85.0 Å². The lowest BCUT2D eigenvalue weighted by Gasteiger charge is -1.99. The molecule has 0 fully saturated rings. The molecule has 96 valence electrons. The van der Waals surface area contributed by atoms with Gasteiger partial charge in [-0.2, -0.15) is 0 Å². The molecule has 1 N–H and O–H groups in total. The van der Waals surface area contributed by atoms with Crippen LogP contribution in [0.5, 0.6) is 0 Å². The molecule has 0 atom stereocenters. The van der Waals surface area contributed by atoms with E-state index in [1.54, 1.807) is 0 Å². The number of rotatable bonds is 2. The minimum Gasteiger partial charge on any atom is -0.249 e. The molecule has 1 aliphatic rings. The molecule has 0 aromatic heterocycles. The first-order valence-electron chi connectivity index (χ1n) is 6.59. The number of hydrogen-bond donors (Lipinski definition) is 1. The third kappa shape index (κ3) is 3.18. The van der Waals surface area contributed by atoms with Crippen molar-refractivity contribution in [3.63, 3.8) is 0 Å². The zero-order valence-electron chi connectivity index (χ0n) is 11.0. The van der Waals surface area contributed by atoms with Gasteiger partial charge in [0.05, 0.1) is 11.4 Å². The molecule has 0 unspecified atom stereocenters. The minimum absolute atomic E-state index is 0.954. The average Bonchev–Trinajstić information content (AvgIpc) is 2.51. The van der Waals surface area contributed by atoms with E-state index in [0.717, 1.165) is 22.8 Å². The highest BCUT2D eigenvalue weighted by Gasteiger charge is 2.04. The van der Waals surface area contributed by atoms with Crippen LogP contribution in [0.15, 0.2) is 90.0 Å². The van der Waals surface area contributed by atoms with Gasteiger partial charge in [-0.1, -0.05) is 36.4 Å². The molecule has 0 amide bonds. The molecule has 2 aromatic carbocycles. The Morgan fingerprint density at radius 3 is 1.90 bits per heavy atom. The second kappa shape index (κ2) is 5.93. The molecule has 0 saturated carbocycles. The van der Waals surface area contributed by atoms with E-state index in [9.17, 15) is 0 Å². The number of nitrogens with zero attached hydrogens (tertiary/aromatic N) is 1. The quantitative estimate of drug-likeness (QED) is 0.803. The van der Waals surface area contributed by atoms with Gasteiger partial charge in [-0.15, -0.1) is 0 Å². The average molecular weight is 259 g/mol. The summed E-state index contributed by atoms with van der Waals surface area (Å²) in [4.78, 5) is 7.91. The molecule has 0 saturated heterocycles. The fraction of sp³-hybridized carbons (Fsp3) is 0. The van der Waals surface area contributed by atoms with Gasteiger partial charge in [0.15, 0.2) is 0 Å². The summed E-state index contributed by atoms with van der Waals surface area (Å²) in [6.45, 7) is 0. The van der Waals surface area contributed by atoms with Crippen molar-refractivity contribution in [2.75, 3.05) is 0 Å². The van der Waals surface area contributed by atoms with Crippen LogP contribution in [-0.2, 0) is 0 Å².